The zero-order chi connectivity index (χ0) is 12.1. The minimum atomic E-state index is 0.316. The molecular formula is C16H30O. The highest BCUT2D eigenvalue weighted by atomic mass is 16.6. The van der Waals surface area contributed by atoms with Gasteiger partial charge in [0, 0.05) is 0 Å². The molecule has 2 rings (SSSR count). The Morgan fingerprint density at radius 3 is 2.47 bits per heavy atom. The lowest BCUT2D eigenvalue weighted by atomic mass is 9.80. The molecule has 1 heteroatoms. The number of epoxide rings is 1. The zero-order valence-electron chi connectivity index (χ0n) is 11.8. The van der Waals surface area contributed by atoms with Crippen LogP contribution in [0.4, 0.5) is 0 Å². The summed E-state index contributed by atoms with van der Waals surface area (Å²) >= 11 is 0. The van der Waals surface area contributed by atoms with Crippen LogP contribution in [-0.4, -0.2) is 11.7 Å². The summed E-state index contributed by atoms with van der Waals surface area (Å²) in [5.74, 6) is 0.978. The summed E-state index contributed by atoms with van der Waals surface area (Å²) in [5, 5.41) is 0. The first kappa shape index (κ1) is 13.4. The van der Waals surface area contributed by atoms with E-state index in [9.17, 15) is 0 Å². The minimum absolute atomic E-state index is 0.316. The van der Waals surface area contributed by atoms with Gasteiger partial charge in [0.25, 0.3) is 0 Å². The first-order valence-corrected chi connectivity index (χ1v) is 7.92. The maximum Gasteiger partial charge on any atom is 0.0920 e. The number of hydrogen-bond acceptors (Lipinski definition) is 1. The lowest BCUT2D eigenvalue weighted by molar-refractivity contribution is 0.298. The van der Waals surface area contributed by atoms with Crippen molar-refractivity contribution in [1.29, 1.82) is 0 Å². The lowest BCUT2D eigenvalue weighted by Gasteiger charge is -2.22. The lowest BCUT2D eigenvalue weighted by Crippen LogP contribution is -2.21. The van der Waals surface area contributed by atoms with Crippen LogP contribution in [0.3, 0.4) is 0 Å². The fraction of sp³-hybridized carbons (Fsp3) is 1.00. The Labute approximate surface area is 107 Å². The van der Waals surface area contributed by atoms with Gasteiger partial charge in [0.2, 0.25) is 0 Å². The summed E-state index contributed by atoms with van der Waals surface area (Å²) in [6.07, 6.45) is 16.3. The van der Waals surface area contributed by atoms with Crippen molar-refractivity contribution in [2.24, 2.45) is 5.92 Å². The van der Waals surface area contributed by atoms with Gasteiger partial charge in [-0.2, -0.15) is 0 Å². The van der Waals surface area contributed by atoms with E-state index >= 15 is 0 Å². The second kappa shape index (κ2) is 6.22. The average molecular weight is 238 g/mol. The van der Waals surface area contributed by atoms with Crippen molar-refractivity contribution in [1.82, 2.24) is 0 Å². The highest BCUT2D eigenvalue weighted by Gasteiger charge is 2.54. The van der Waals surface area contributed by atoms with Crippen LogP contribution in [0.25, 0.3) is 0 Å². The van der Waals surface area contributed by atoms with Crippen molar-refractivity contribution >= 4 is 0 Å². The summed E-state index contributed by atoms with van der Waals surface area (Å²) < 4.78 is 5.77. The molecule has 0 spiro atoms. The first-order valence-electron chi connectivity index (χ1n) is 7.92. The number of rotatable bonds is 8. The summed E-state index contributed by atoms with van der Waals surface area (Å²) in [5.41, 5.74) is 0.316. The van der Waals surface area contributed by atoms with E-state index in [4.69, 9.17) is 4.74 Å². The molecule has 1 heterocycles. The van der Waals surface area contributed by atoms with Crippen molar-refractivity contribution < 1.29 is 4.74 Å². The molecule has 0 bridgehead atoms. The van der Waals surface area contributed by atoms with Crippen molar-refractivity contribution in [2.75, 3.05) is 0 Å². The van der Waals surface area contributed by atoms with E-state index in [2.05, 4.69) is 13.8 Å². The third-order valence-corrected chi connectivity index (χ3v) is 4.85. The van der Waals surface area contributed by atoms with Gasteiger partial charge in [-0.25, -0.2) is 0 Å². The van der Waals surface area contributed by atoms with Crippen LogP contribution in [0.2, 0.25) is 0 Å². The molecule has 100 valence electrons. The predicted molar refractivity (Wildman–Crippen MR) is 73.2 cm³/mol. The Kier molecular flexibility index (Phi) is 4.90. The van der Waals surface area contributed by atoms with Crippen molar-refractivity contribution in [2.45, 2.75) is 96.2 Å². The summed E-state index contributed by atoms with van der Waals surface area (Å²) in [6, 6.07) is 0. The van der Waals surface area contributed by atoms with Crippen LogP contribution in [0.5, 0.6) is 0 Å². The number of hydrogen-bond donors (Lipinski definition) is 0. The molecule has 1 aliphatic heterocycles. The van der Waals surface area contributed by atoms with Gasteiger partial charge in [-0.05, 0) is 32.1 Å². The zero-order valence-corrected chi connectivity index (χ0v) is 11.8. The Morgan fingerprint density at radius 1 is 1.06 bits per heavy atom. The molecule has 2 fully saturated rings. The van der Waals surface area contributed by atoms with E-state index in [0.29, 0.717) is 11.7 Å². The third kappa shape index (κ3) is 3.98. The number of fused-ring (bicyclic) bond motifs is 1. The fourth-order valence-corrected chi connectivity index (χ4v) is 3.37. The van der Waals surface area contributed by atoms with Gasteiger partial charge < -0.3 is 4.74 Å². The van der Waals surface area contributed by atoms with E-state index < -0.39 is 0 Å². The topological polar surface area (TPSA) is 12.5 Å². The second-order valence-corrected chi connectivity index (χ2v) is 6.47. The standard InChI is InChI=1S/C16H30O/c1-3-4-5-6-7-8-9-10-14-11-12-16(2)15(13-14)17-16/h14-15H,3-13H2,1-2H3. The fourth-order valence-electron chi connectivity index (χ4n) is 3.37. The predicted octanol–water partition coefficient (Wildman–Crippen LogP) is 5.08. The third-order valence-electron chi connectivity index (χ3n) is 4.85. The summed E-state index contributed by atoms with van der Waals surface area (Å²) in [6.45, 7) is 4.58. The molecule has 17 heavy (non-hydrogen) atoms. The Morgan fingerprint density at radius 2 is 1.76 bits per heavy atom. The first-order chi connectivity index (χ1) is 8.24. The molecule has 0 aromatic carbocycles. The van der Waals surface area contributed by atoms with Gasteiger partial charge in [-0.3, -0.25) is 0 Å². The average Bonchev–Trinajstić information content (AvgIpc) is 2.99. The smallest absolute Gasteiger partial charge is 0.0920 e. The van der Waals surface area contributed by atoms with E-state index in [1.807, 2.05) is 0 Å². The molecule has 1 nitrogen and oxygen atoms in total. The summed E-state index contributed by atoms with van der Waals surface area (Å²) in [4.78, 5) is 0. The van der Waals surface area contributed by atoms with Crippen LogP contribution < -0.4 is 0 Å². The molecule has 2 aliphatic rings. The molecule has 3 unspecified atom stereocenters. The highest BCUT2D eigenvalue weighted by Crippen LogP contribution is 2.50. The molecule has 0 aromatic rings. The molecule has 1 saturated heterocycles. The molecule has 0 radical (unpaired) electrons. The quantitative estimate of drug-likeness (QED) is 0.424. The van der Waals surface area contributed by atoms with E-state index in [1.54, 1.807) is 0 Å². The van der Waals surface area contributed by atoms with Gasteiger partial charge in [-0.1, -0.05) is 58.3 Å². The van der Waals surface area contributed by atoms with Crippen molar-refractivity contribution in [3.63, 3.8) is 0 Å². The molecule has 3 atom stereocenters. The van der Waals surface area contributed by atoms with Gasteiger partial charge in [-0.15, -0.1) is 0 Å². The van der Waals surface area contributed by atoms with Gasteiger partial charge in [0.15, 0.2) is 0 Å². The van der Waals surface area contributed by atoms with Gasteiger partial charge in [0.1, 0.15) is 0 Å². The summed E-state index contributed by atoms with van der Waals surface area (Å²) in [7, 11) is 0. The molecule has 0 aromatic heterocycles. The van der Waals surface area contributed by atoms with Crippen LogP contribution in [0.1, 0.15) is 84.5 Å². The molecule has 0 N–H and O–H groups in total. The SMILES string of the molecule is CCCCCCCCCC1CCC2(C)OC2C1. The largest absolute Gasteiger partial charge is 0.366 e. The molecule has 0 amide bonds. The van der Waals surface area contributed by atoms with Crippen LogP contribution in [-0.2, 0) is 4.74 Å². The van der Waals surface area contributed by atoms with Crippen molar-refractivity contribution in [3.8, 4) is 0 Å². The second-order valence-electron chi connectivity index (χ2n) is 6.47. The Bertz CT molecular complexity index is 226. The van der Waals surface area contributed by atoms with E-state index in [0.717, 1.165) is 5.92 Å². The maximum atomic E-state index is 5.77. The molecule has 1 aliphatic carbocycles. The molecular weight excluding hydrogens is 208 g/mol. The Hall–Kier alpha value is -0.0400. The Balaban J connectivity index is 1.44. The monoisotopic (exact) mass is 238 g/mol. The van der Waals surface area contributed by atoms with Crippen LogP contribution in [0, 0.1) is 5.92 Å². The van der Waals surface area contributed by atoms with E-state index in [1.165, 1.54) is 70.6 Å². The van der Waals surface area contributed by atoms with Crippen LogP contribution in [0.15, 0.2) is 0 Å². The number of unbranched alkanes of at least 4 members (excludes halogenated alkanes) is 6. The minimum Gasteiger partial charge on any atom is -0.366 e. The van der Waals surface area contributed by atoms with Gasteiger partial charge in [0.05, 0.1) is 11.7 Å². The highest BCUT2D eigenvalue weighted by molar-refractivity contribution is 5.03. The van der Waals surface area contributed by atoms with E-state index in [-0.39, 0.29) is 0 Å². The molecule has 1 saturated carbocycles. The normalized spacial score (nSPS) is 35.6. The number of ether oxygens (including phenoxy) is 1. The maximum absolute atomic E-state index is 5.77. The van der Waals surface area contributed by atoms with Crippen LogP contribution >= 0.6 is 0 Å². The van der Waals surface area contributed by atoms with Crippen molar-refractivity contribution in [3.05, 3.63) is 0 Å². The van der Waals surface area contributed by atoms with Gasteiger partial charge >= 0.3 is 0 Å².